The molecule has 3 rings (SSSR count). The minimum atomic E-state index is -0.0720. The predicted molar refractivity (Wildman–Crippen MR) is 99.1 cm³/mol. The third kappa shape index (κ3) is 4.47. The molecule has 0 spiro atoms. The summed E-state index contributed by atoms with van der Waals surface area (Å²) in [4.78, 5) is 16.2. The van der Waals surface area contributed by atoms with Crippen LogP contribution in [0.4, 0.5) is 0 Å². The van der Waals surface area contributed by atoms with E-state index in [4.69, 9.17) is 4.74 Å². The molecular formula is C21H26N2O2. The summed E-state index contributed by atoms with van der Waals surface area (Å²) in [5.41, 5.74) is 2.42. The fourth-order valence-corrected chi connectivity index (χ4v) is 3.44. The molecule has 1 aliphatic heterocycles. The average molecular weight is 338 g/mol. The summed E-state index contributed by atoms with van der Waals surface area (Å²) in [6.07, 6.45) is -0.0336. The van der Waals surface area contributed by atoms with E-state index < -0.39 is 0 Å². The van der Waals surface area contributed by atoms with Crippen LogP contribution in [0.15, 0.2) is 60.7 Å². The number of hydrogen-bond acceptors (Lipinski definition) is 3. The van der Waals surface area contributed by atoms with E-state index in [1.807, 2.05) is 31.3 Å². The Kier molecular flexibility index (Phi) is 5.84. The predicted octanol–water partition coefficient (Wildman–Crippen LogP) is 3.11. The molecule has 1 fully saturated rings. The van der Waals surface area contributed by atoms with Gasteiger partial charge in [0.15, 0.2) is 0 Å². The van der Waals surface area contributed by atoms with Gasteiger partial charge in [-0.25, -0.2) is 0 Å². The summed E-state index contributed by atoms with van der Waals surface area (Å²) in [5.74, 6) is 0.0534. The zero-order valence-electron chi connectivity index (χ0n) is 15.0. The normalized spacial score (nSPS) is 19.4. The van der Waals surface area contributed by atoms with Crippen molar-refractivity contribution in [2.45, 2.75) is 25.6 Å². The first-order valence-electron chi connectivity index (χ1n) is 8.81. The van der Waals surface area contributed by atoms with E-state index in [9.17, 15) is 4.79 Å². The number of benzene rings is 2. The summed E-state index contributed by atoms with van der Waals surface area (Å²) in [6.45, 7) is 4.93. The summed E-state index contributed by atoms with van der Waals surface area (Å²) in [5, 5.41) is 0. The second kappa shape index (κ2) is 8.28. The minimum Gasteiger partial charge on any atom is -0.373 e. The molecule has 25 heavy (non-hydrogen) atoms. The van der Waals surface area contributed by atoms with Crippen molar-refractivity contribution in [3.63, 3.8) is 0 Å². The van der Waals surface area contributed by atoms with Crippen LogP contribution < -0.4 is 0 Å². The molecule has 1 saturated heterocycles. The Morgan fingerprint density at radius 1 is 1.16 bits per heavy atom. The van der Waals surface area contributed by atoms with E-state index in [2.05, 4.69) is 41.3 Å². The van der Waals surface area contributed by atoms with Crippen molar-refractivity contribution >= 4 is 5.91 Å². The molecule has 2 aromatic rings. The van der Waals surface area contributed by atoms with Crippen LogP contribution in [0.1, 0.15) is 24.1 Å². The minimum absolute atomic E-state index is 0.0336. The lowest BCUT2D eigenvalue weighted by Crippen LogP contribution is -2.49. The Hall–Kier alpha value is -2.17. The van der Waals surface area contributed by atoms with Crippen LogP contribution >= 0.6 is 0 Å². The highest BCUT2D eigenvalue weighted by atomic mass is 16.5. The number of likely N-dealkylation sites (N-methyl/N-ethyl adjacent to an activating group) is 1. The molecule has 4 heteroatoms. The van der Waals surface area contributed by atoms with Gasteiger partial charge in [0.1, 0.15) is 0 Å². The van der Waals surface area contributed by atoms with Crippen molar-refractivity contribution in [2.24, 2.45) is 0 Å². The van der Waals surface area contributed by atoms with E-state index in [1.54, 1.807) is 11.8 Å². The van der Waals surface area contributed by atoms with Crippen LogP contribution in [-0.4, -0.2) is 48.6 Å². The molecule has 4 nitrogen and oxygen atoms in total. The fourth-order valence-electron chi connectivity index (χ4n) is 3.44. The third-order valence-corrected chi connectivity index (χ3v) is 4.83. The van der Waals surface area contributed by atoms with Gasteiger partial charge in [0.05, 0.1) is 18.8 Å². The topological polar surface area (TPSA) is 32.8 Å². The molecule has 0 aromatic heterocycles. The highest BCUT2D eigenvalue weighted by molar-refractivity contribution is 5.73. The maximum absolute atomic E-state index is 12.0. The number of morpholine rings is 1. The van der Waals surface area contributed by atoms with E-state index in [0.29, 0.717) is 6.61 Å². The Morgan fingerprint density at radius 2 is 1.80 bits per heavy atom. The first kappa shape index (κ1) is 17.6. The van der Waals surface area contributed by atoms with Crippen LogP contribution in [-0.2, 0) is 16.1 Å². The van der Waals surface area contributed by atoms with Crippen LogP contribution in [0.25, 0.3) is 0 Å². The van der Waals surface area contributed by atoms with Gasteiger partial charge in [-0.3, -0.25) is 9.69 Å². The number of rotatable bonds is 5. The maximum atomic E-state index is 12.0. The molecule has 0 N–H and O–H groups in total. The second-order valence-electron chi connectivity index (χ2n) is 6.62. The zero-order chi connectivity index (χ0) is 17.6. The molecule has 0 radical (unpaired) electrons. The Labute approximate surface area is 150 Å². The quantitative estimate of drug-likeness (QED) is 0.840. The van der Waals surface area contributed by atoms with Gasteiger partial charge in [-0.05, 0) is 11.1 Å². The van der Waals surface area contributed by atoms with Crippen molar-refractivity contribution in [1.29, 1.82) is 0 Å². The second-order valence-corrected chi connectivity index (χ2v) is 6.62. The van der Waals surface area contributed by atoms with Crippen LogP contribution in [0, 0.1) is 0 Å². The van der Waals surface area contributed by atoms with Gasteiger partial charge in [0.25, 0.3) is 0 Å². The van der Waals surface area contributed by atoms with Crippen molar-refractivity contribution in [3.8, 4) is 0 Å². The molecule has 1 heterocycles. The lowest BCUT2D eigenvalue weighted by atomic mass is 9.98. The number of nitrogens with zero attached hydrogens (tertiary/aromatic N) is 2. The largest absolute Gasteiger partial charge is 0.373 e. The number of carbonyl (C=O) groups is 1. The Morgan fingerprint density at radius 3 is 2.44 bits per heavy atom. The standard InChI is InChI=1S/C21H26N2O2/c1-17(24)22(2)21(19-11-7-4-8-12-19)20-16-23(13-14-25-20)15-18-9-5-3-6-10-18/h3-12,20-21H,13-16H2,1-2H3. The van der Waals surface area contributed by atoms with E-state index >= 15 is 0 Å². The summed E-state index contributed by atoms with van der Waals surface area (Å²) in [7, 11) is 1.86. The Bertz CT molecular complexity index is 675. The number of ether oxygens (including phenoxy) is 1. The maximum Gasteiger partial charge on any atom is 0.219 e. The molecule has 0 aliphatic carbocycles. The van der Waals surface area contributed by atoms with Gasteiger partial charge in [-0.2, -0.15) is 0 Å². The lowest BCUT2D eigenvalue weighted by Gasteiger charge is -2.40. The third-order valence-electron chi connectivity index (χ3n) is 4.83. The number of carbonyl (C=O) groups excluding carboxylic acids is 1. The smallest absolute Gasteiger partial charge is 0.219 e. The SMILES string of the molecule is CC(=O)N(C)C(c1ccccc1)C1CN(Cc2ccccc2)CCO1. The molecule has 1 amide bonds. The molecule has 2 aromatic carbocycles. The lowest BCUT2D eigenvalue weighted by molar-refractivity contribution is -0.136. The van der Waals surface area contributed by atoms with Crippen LogP contribution in [0.2, 0.25) is 0 Å². The van der Waals surface area contributed by atoms with E-state index in [0.717, 1.165) is 25.2 Å². The zero-order valence-corrected chi connectivity index (χ0v) is 15.0. The van der Waals surface area contributed by atoms with Crippen LogP contribution in [0.5, 0.6) is 0 Å². The average Bonchev–Trinajstić information content (AvgIpc) is 2.64. The number of hydrogen-bond donors (Lipinski definition) is 0. The van der Waals surface area contributed by atoms with Gasteiger partial charge >= 0.3 is 0 Å². The van der Waals surface area contributed by atoms with Gasteiger partial charge in [-0.1, -0.05) is 60.7 Å². The first-order valence-corrected chi connectivity index (χ1v) is 8.81. The highest BCUT2D eigenvalue weighted by Gasteiger charge is 2.33. The Balaban J connectivity index is 1.77. The molecule has 1 aliphatic rings. The van der Waals surface area contributed by atoms with Crippen LogP contribution in [0.3, 0.4) is 0 Å². The molecular weight excluding hydrogens is 312 g/mol. The van der Waals surface area contributed by atoms with Crippen molar-refractivity contribution in [1.82, 2.24) is 9.80 Å². The van der Waals surface area contributed by atoms with Crippen molar-refractivity contribution in [2.75, 3.05) is 26.7 Å². The van der Waals surface area contributed by atoms with Gasteiger partial charge in [-0.15, -0.1) is 0 Å². The number of amides is 1. The molecule has 2 unspecified atom stereocenters. The van der Waals surface area contributed by atoms with E-state index in [-0.39, 0.29) is 18.1 Å². The van der Waals surface area contributed by atoms with Crippen molar-refractivity contribution < 1.29 is 9.53 Å². The summed E-state index contributed by atoms with van der Waals surface area (Å²) in [6, 6.07) is 20.6. The molecule has 0 bridgehead atoms. The molecule has 0 saturated carbocycles. The first-order chi connectivity index (χ1) is 12.1. The summed E-state index contributed by atoms with van der Waals surface area (Å²) >= 11 is 0. The molecule has 2 atom stereocenters. The van der Waals surface area contributed by atoms with Gasteiger partial charge in [0, 0.05) is 33.6 Å². The van der Waals surface area contributed by atoms with E-state index in [1.165, 1.54) is 5.56 Å². The highest BCUT2D eigenvalue weighted by Crippen LogP contribution is 2.28. The molecule has 132 valence electrons. The summed E-state index contributed by atoms with van der Waals surface area (Å²) < 4.78 is 6.10. The monoisotopic (exact) mass is 338 g/mol. The van der Waals surface area contributed by atoms with Gasteiger partial charge in [0.2, 0.25) is 5.91 Å². The van der Waals surface area contributed by atoms with Gasteiger partial charge < -0.3 is 9.64 Å². The van der Waals surface area contributed by atoms with Crippen molar-refractivity contribution in [3.05, 3.63) is 71.8 Å². The fraction of sp³-hybridized carbons (Fsp3) is 0.381.